The van der Waals surface area contributed by atoms with Crippen LogP contribution in [0.4, 0.5) is 0 Å². The van der Waals surface area contributed by atoms with Crippen LogP contribution >= 0.6 is 0 Å². The van der Waals surface area contributed by atoms with Crippen LogP contribution in [0, 0.1) is 5.92 Å². The first kappa shape index (κ1) is 11.4. The Morgan fingerprint density at radius 3 is 3.06 bits per heavy atom. The number of hydrogen-bond donors (Lipinski definition) is 1. The van der Waals surface area contributed by atoms with Gasteiger partial charge >= 0.3 is 0 Å². The summed E-state index contributed by atoms with van der Waals surface area (Å²) in [5.74, 6) is 0.339. The van der Waals surface area contributed by atoms with E-state index in [-0.39, 0.29) is 17.7 Å². The Morgan fingerprint density at radius 2 is 2.28 bits per heavy atom. The second-order valence-electron chi connectivity index (χ2n) is 4.91. The van der Waals surface area contributed by atoms with E-state index in [4.69, 9.17) is 0 Å². The summed E-state index contributed by atoms with van der Waals surface area (Å²) in [5, 5.41) is 4.40. The number of fused-ring (bicyclic) bond motifs is 1. The third-order valence-electron chi connectivity index (χ3n) is 3.75. The molecular weight excluding hydrogens is 224 g/mol. The Kier molecular flexibility index (Phi) is 2.84. The van der Waals surface area contributed by atoms with Crippen molar-refractivity contribution in [3.63, 3.8) is 0 Å². The maximum absolute atomic E-state index is 12.4. The molecule has 1 aromatic heterocycles. The molecule has 2 aromatic rings. The van der Waals surface area contributed by atoms with Crippen molar-refractivity contribution in [1.29, 1.82) is 0 Å². The minimum Gasteiger partial charge on any atom is -0.313 e. The minimum absolute atomic E-state index is 0.103. The van der Waals surface area contributed by atoms with Crippen LogP contribution in [0.25, 0.3) is 10.9 Å². The molecule has 92 valence electrons. The first-order chi connectivity index (χ1) is 8.75. The van der Waals surface area contributed by atoms with Gasteiger partial charge in [-0.1, -0.05) is 18.2 Å². The second-order valence-corrected chi connectivity index (χ2v) is 4.91. The van der Waals surface area contributed by atoms with E-state index in [2.05, 4.69) is 17.2 Å². The van der Waals surface area contributed by atoms with Crippen LogP contribution < -0.4 is 5.32 Å². The average molecular weight is 240 g/mol. The van der Waals surface area contributed by atoms with Crippen molar-refractivity contribution in [2.75, 3.05) is 6.54 Å². The number of benzene rings is 1. The fraction of sp³-hybridized carbons (Fsp3) is 0.333. The minimum atomic E-state index is 0.103. The van der Waals surface area contributed by atoms with Gasteiger partial charge < -0.3 is 5.32 Å². The van der Waals surface area contributed by atoms with Gasteiger partial charge in [-0.15, -0.1) is 0 Å². The molecule has 1 N–H and O–H groups in total. The van der Waals surface area contributed by atoms with E-state index in [9.17, 15) is 4.79 Å². The quantitative estimate of drug-likeness (QED) is 0.820. The summed E-state index contributed by atoms with van der Waals surface area (Å²) >= 11 is 0. The zero-order valence-corrected chi connectivity index (χ0v) is 10.4. The van der Waals surface area contributed by atoms with Crippen LogP contribution in [0.5, 0.6) is 0 Å². The molecule has 1 saturated heterocycles. The Bertz CT molecular complexity index is 594. The molecule has 2 unspecified atom stereocenters. The molecule has 0 aliphatic carbocycles. The summed E-state index contributed by atoms with van der Waals surface area (Å²) in [7, 11) is 0. The number of nitrogens with zero attached hydrogens (tertiary/aromatic N) is 1. The lowest BCUT2D eigenvalue weighted by Gasteiger charge is -2.13. The predicted molar refractivity (Wildman–Crippen MR) is 71.6 cm³/mol. The molecule has 0 bridgehead atoms. The standard InChI is InChI=1S/C15H16N2O/c1-10-13(6-8-16-10)15(18)12-5-4-11-3-2-7-17-14(11)9-12/h2-5,7,9-10,13,16H,6,8H2,1H3. The first-order valence-corrected chi connectivity index (χ1v) is 6.38. The van der Waals surface area contributed by atoms with E-state index in [0.29, 0.717) is 0 Å². The monoisotopic (exact) mass is 240 g/mol. The maximum atomic E-state index is 12.4. The zero-order valence-electron chi connectivity index (χ0n) is 10.4. The van der Waals surface area contributed by atoms with Gasteiger partial charge in [0.05, 0.1) is 5.52 Å². The van der Waals surface area contributed by atoms with Gasteiger partial charge in [-0.3, -0.25) is 9.78 Å². The second kappa shape index (κ2) is 4.50. The average Bonchev–Trinajstić information content (AvgIpc) is 2.83. The molecule has 3 rings (SSSR count). The molecule has 0 spiro atoms. The van der Waals surface area contributed by atoms with E-state index in [1.807, 2.05) is 30.3 Å². The molecule has 1 aromatic carbocycles. The predicted octanol–water partition coefficient (Wildman–Crippen LogP) is 2.42. The fourth-order valence-corrected chi connectivity index (χ4v) is 2.65. The summed E-state index contributed by atoms with van der Waals surface area (Å²) < 4.78 is 0. The summed E-state index contributed by atoms with van der Waals surface area (Å²) in [6, 6.07) is 9.99. The molecule has 3 nitrogen and oxygen atoms in total. The number of Topliss-reactive ketones (excluding diaryl/α,β-unsaturated/α-hetero) is 1. The maximum Gasteiger partial charge on any atom is 0.167 e. The number of carbonyl (C=O) groups is 1. The molecule has 0 radical (unpaired) electrons. The lowest BCUT2D eigenvalue weighted by molar-refractivity contribution is 0.0914. The lowest BCUT2D eigenvalue weighted by atomic mass is 9.91. The molecular formula is C15H16N2O. The topological polar surface area (TPSA) is 42.0 Å². The van der Waals surface area contributed by atoms with Gasteiger partial charge in [-0.2, -0.15) is 0 Å². The number of nitrogens with one attached hydrogen (secondary N) is 1. The number of ketones is 1. The van der Waals surface area contributed by atoms with Crippen molar-refractivity contribution in [2.24, 2.45) is 5.92 Å². The van der Waals surface area contributed by atoms with Gasteiger partial charge in [0.1, 0.15) is 0 Å². The number of pyridine rings is 1. The highest BCUT2D eigenvalue weighted by Gasteiger charge is 2.29. The van der Waals surface area contributed by atoms with Crippen molar-refractivity contribution < 1.29 is 4.79 Å². The normalized spacial score (nSPS) is 23.4. The Balaban J connectivity index is 1.96. The molecule has 3 heteroatoms. The largest absolute Gasteiger partial charge is 0.313 e. The SMILES string of the molecule is CC1NCCC1C(=O)c1ccc2cccnc2c1. The molecule has 1 aliphatic rings. The highest BCUT2D eigenvalue weighted by atomic mass is 16.1. The lowest BCUT2D eigenvalue weighted by Crippen LogP contribution is -2.28. The van der Waals surface area contributed by atoms with Crippen LogP contribution in [0.1, 0.15) is 23.7 Å². The summed E-state index contributed by atoms with van der Waals surface area (Å²) in [6.45, 7) is 3.01. The van der Waals surface area contributed by atoms with Crippen LogP contribution in [0.3, 0.4) is 0 Å². The summed E-state index contributed by atoms with van der Waals surface area (Å²) in [4.78, 5) is 16.7. The van der Waals surface area contributed by atoms with E-state index in [1.54, 1.807) is 6.20 Å². The molecule has 1 fully saturated rings. The molecule has 1 aliphatic heterocycles. The highest BCUT2D eigenvalue weighted by Crippen LogP contribution is 2.22. The van der Waals surface area contributed by atoms with Gasteiger partial charge in [0, 0.05) is 29.1 Å². The first-order valence-electron chi connectivity index (χ1n) is 6.38. The van der Waals surface area contributed by atoms with Crippen LogP contribution in [-0.4, -0.2) is 23.4 Å². The number of hydrogen-bond acceptors (Lipinski definition) is 3. The van der Waals surface area contributed by atoms with Gasteiger partial charge in [0.2, 0.25) is 0 Å². The van der Waals surface area contributed by atoms with E-state index in [1.165, 1.54) is 0 Å². The molecule has 0 amide bonds. The van der Waals surface area contributed by atoms with Crippen LogP contribution in [0.2, 0.25) is 0 Å². The van der Waals surface area contributed by atoms with E-state index in [0.717, 1.165) is 29.4 Å². The Hall–Kier alpha value is -1.74. The van der Waals surface area contributed by atoms with E-state index < -0.39 is 0 Å². The summed E-state index contributed by atoms with van der Waals surface area (Å²) in [6.07, 6.45) is 2.69. The third kappa shape index (κ3) is 1.91. The third-order valence-corrected chi connectivity index (χ3v) is 3.75. The van der Waals surface area contributed by atoms with Gasteiger partial charge in [-0.05, 0) is 32.0 Å². The molecule has 0 saturated carbocycles. The molecule has 18 heavy (non-hydrogen) atoms. The fourth-order valence-electron chi connectivity index (χ4n) is 2.65. The van der Waals surface area contributed by atoms with Crippen molar-refractivity contribution in [3.8, 4) is 0 Å². The zero-order chi connectivity index (χ0) is 12.5. The Labute approximate surface area is 106 Å². The van der Waals surface area contributed by atoms with Gasteiger partial charge in [-0.25, -0.2) is 0 Å². The molecule has 2 heterocycles. The van der Waals surface area contributed by atoms with Crippen molar-refractivity contribution in [2.45, 2.75) is 19.4 Å². The van der Waals surface area contributed by atoms with Crippen molar-refractivity contribution in [1.82, 2.24) is 10.3 Å². The van der Waals surface area contributed by atoms with Gasteiger partial charge in [0.15, 0.2) is 5.78 Å². The van der Waals surface area contributed by atoms with Crippen LogP contribution in [0.15, 0.2) is 36.5 Å². The van der Waals surface area contributed by atoms with Crippen molar-refractivity contribution >= 4 is 16.7 Å². The van der Waals surface area contributed by atoms with Crippen LogP contribution in [-0.2, 0) is 0 Å². The smallest absolute Gasteiger partial charge is 0.167 e. The highest BCUT2D eigenvalue weighted by molar-refractivity contribution is 6.01. The summed E-state index contributed by atoms with van der Waals surface area (Å²) in [5.41, 5.74) is 1.67. The number of rotatable bonds is 2. The van der Waals surface area contributed by atoms with Gasteiger partial charge in [0.25, 0.3) is 0 Å². The molecule has 2 atom stereocenters. The van der Waals surface area contributed by atoms with Crippen molar-refractivity contribution in [3.05, 3.63) is 42.1 Å². The Morgan fingerprint density at radius 1 is 1.39 bits per heavy atom. The van der Waals surface area contributed by atoms with E-state index >= 15 is 0 Å². The number of carbonyl (C=O) groups excluding carboxylic acids is 1. The number of aromatic nitrogens is 1.